The minimum absolute atomic E-state index is 0.157. The molecule has 1 unspecified atom stereocenters. The van der Waals surface area contributed by atoms with Gasteiger partial charge in [-0.05, 0) is 13.0 Å². The molecule has 1 aliphatic rings. The molecule has 1 aliphatic carbocycles. The third kappa shape index (κ3) is 2.10. The molecule has 0 aliphatic heterocycles. The van der Waals surface area contributed by atoms with Crippen LogP contribution in [0, 0.1) is 5.92 Å². The van der Waals surface area contributed by atoms with E-state index in [4.69, 9.17) is 0 Å². The number of aliphatic hydroxyl groups excluding tert-OH is 1. The lowest BCUT2D eigenvalue weighted by Gasteiger charge is -2.37. The van der Waals surface area contributed by atoms with Crippen LogP contribution in [-0.2, 0) is 0 Å². The number of nitrogens with one attached hydrogen (secondary N) is 1. The number of hydrogen-bond acceptors (Lipinski definition) is 2. The van der Waals surface area contributed by atoms with Gasteiger partial charge in [-0.2, -0.15) is 0 Å². The Bertz CT molecular complexity index is 132. The first-order valence-corrected chi connectivity index (χ1v) is 3.75. The highest BCUT2D eigenvalue weighted by molar-refractivity contribution is 4.90. The highest BCUT2D eigenvalue weighted by atomic mass is 19.3. The van der Waals surface area contributed by atoms with Crippen molar-refractivity contribution in [3.63, 3.8) is 0 Å². The first-order chi connectivity index (χ1) is 5.05. The van der Waals surface area contributed by atoms with E-state index in [2.05, 4.69) is 5.32 Å². The molecule has 0 spiro atoms. The van der Waals surface area contributed by atoms with Crippen LogP contribution in [0.2, 0.25) is 0 Å². The van der Waals surface area contributed by atoms with E-state index in [1.807, 2.05) is 0 Å². The van der Waals surface area contributed by atoms with E-state index in [1.165, 1.54) is 0 Å². The van der Waals surface area contributed by atoms with E-state index < -0.39 is 12.0 Å². The molecule has 1 atom stereocenters. The largest absolute Gasteiger partial charge is 0.392 e. The zero-order valence-corrected chi connectivity index (χ0v) is 6.48. The highest BCUT2D eigenvalue weighted by Gasteiger charge is 2.47. The smallest absolute Gasteiger partial charge is 0.248 e. The zero-order chi connectivity index (χ0) is 8.48. The molecule has 0 aromatic carbocycles. The summed E-state index contributed by atoms with van der Waals surface area (Å²) in [6.07, 6.45) is -0.925. The molecule has 0 saturated heterocycles. The summed E-state index contributed by atoms with van der Waals surface area (Å²) in [6.45, 7) is 0.404. The molecule has 0 radical (unpaired) electrons. The van der Waals surface area contributed by atoms with Crippen LogP contribution in [0.15, 0.2) is 0 Å². The summed E-state index contributed by atoms with van der Waals surface area (Å²) in [6, 6.07) is 0. The summed E-state index contributed by atoms with van der Waals surface area (Å²) in [5.41, 5.74) is 0. The summed E-state index contributed by atoms with van der Waals surface area (Å²) >= 11 is 0. The molecule has 0 aromatic rings. The van der Waals surface area contributed by atoms with Crippen LogP contribution in [0.25, 0.3) is 0 Å². The van der Waals surface area contributed by atoms with Gasteiger partial charge in [0.15, 0.2) is 0 Å². The molecule has 2 N–H and O–H groups in total. The number of aliphatic hydroxyl groups is 1. The van der Waals surface area contributed by atoms with Gasteiger partial charge in [-0.15, -0.1) is 0 Å². The summed E-state index contributed by atoms with van der Waals surface area (Å²) in [4.78, 5) is 0. The van der Waals surface area contributed by atoms with Gasteiger partial charge in [0.05, 0.1) is 6.10 Å². The van der Waals surface area contributed by atoms with E-state index >= 15 is 0 Å². The monoisotopic (exact) mass is 165 g/mol. The second kappa shape index (κ2) is 3.03. The minimum atomic E-state index is -2.51. The molecule has 0 bridgehead atoms. The molecule has 1 saturated carbocycles. The van der Waals surface area contributed by atoms with Gasteiger partial charge in [0, 0.05) is 19.4 Å². The van der Waals surface area contributed by atoms with Crippen molar-refractivity contribution in [2.45, 2.75) is 24.9 Å². The van der Waals surface area contributed by atoms with E-state index in [-0.39, 0.29) is 18.8 Å². The summed E-state index contributed by atoms with van der Waals surface area (Å²) in [7, 11) is 1.69. The Kier molecular flexibility index (Phi) is 2.44. The van der Waals surface area contributed by atoms with E-state index in [1.54, 1.807) is 7.05 Å². The number of alkyl halides is 2. The fourth-order valence-corrected chi connectivity index (χ4v) is 1.36. The normalized spacial score (nSPS) is 26.2. The van der Waals surface area contributed by atoms with Gasteiger partial charge in [0.1, 0.15) is 0 Å². The number of halogens is 2. The van der Waals surface area contributed by atoms with Crippen LogP contribution < -0.4 is 5.32 Å². The van der Waals surface area contributed by atoms with Crippen LogP contribution in [0.1, 0.15) is 12.8 Å². The van der Waals surface area contributed by atoms with Crippen LogP contribution in [0.3, 0.4) is 0 Å². The fraction of sp³-hybridized carbons (Fsp3) is 1.00. The average molecular weight is 165 g/mol. The van der Waals surface area contributed by atoms with Gasteiger partial charge in [-0.3, -0.25) is 0 Å². The first kappa shape index (κ1) is 8.87. The molecular formula is C7H13F2NO. The standard InChI is InChI=1S/C7H13F2NO/c1-10-4-6(11)5-2-7(8,9)3-5/h5-6,10-11H,2-4H2,1H3. The molecule has 1 fully saturated rings. The molecule has 0 heterocycles. The lowest BCUT2D eigenvalue weighted by atomic mass is 9.77. The van der Waals surface area contributed by atoms with Crippen LogP contribution in [0.5, 0.6) is 0 Å². The molecule has 11 heavy (non-hydrogen) atoms. The molecule has 1 rings (SSSR count). The summed E-state index contributed by atoms with van der Waals surface area (Å²) < 4.78 is 24.5. The summed E-state index contributed by atoms with van der Waals surface area (Å²) in [5.74, 6) is -2.73. The Balaban J connectivity index is 2.21. The quantitative estimate of drug-likeness (QED) is 0.642. The first-order valence-electron chi connectivity index (χ1n) is 3.75. The predicted molar refractivity (Wildman–Crippen MR) is 37.6 cm³/mol. The van der Waals surface area contributed by atoms with E-state index in [0.29, 0.717) is 6.54 Å². The maximum atomic E-state index is 12.3. The lowest BCUT2D eigenvalue weighted by molar-refractivity contribution is -0.140. The third-order valence-electron chi connectivity index (χ3n) is 2.08. The second-order valence-corrected chi connectivity index (χ2v) is 3.15. The Labute approximate surface area is 64.6 Å². The van der Waals surface area contributed by atoms with Crippen molar-refractivity contribution in [3.05, 3.63) is 0 Å². The predicted octanol–water partition coefficient (Wildman–Crippen LogP) is 0.612. The number of hydrogen-bond donors (Lipinski definition) is 2. The van der Waals surface area contributed by atoms with Crippen molar-refractivity contribution >= 4 is 0 Å². The zero-order valence-electron chi connectivity index (χ0n) is 6.48. The third-order valence-corrected chi connectivity index (χ3v) is 2.08. The van der Waals surface area contributed by atoms with Crippen molar-refractivity contribution in [1.29, 1.82) is 0 Å². The van der Waals surface area contributed by atoms with Crippen molar-refractivity contribution in [1.82, 2.24) is 5.32 Å². The Hall–Kier alpha value is -0.220. The SMILES string of the molecule is CNCC(O)C1CC(F)(F)C1. The lowest BCUT2D eigenvalue weighted by Crippen LogP contribution is -2.45. The molecule has 2 nitrogen and oxygen atoms in total. The highest BCUT2D eigenvalue weighted by Crippen LogP contribution is 2.43. The van der Waals surface area contributed by atoms with Crippen molar-refractivity contribution in [3.8, 4) is 0 Å². The van der Waals surface area contributed by atoms with Crippen molar-refractivity contribution < 1.29 is 13.9 Å². The van der Waals surface area contributed by atoms with Crippen LogP contribution in [0.4, 0.5) is 8.78 Å². The van der Waals surface area contributed by atoms with Crippen LogP contribution in [-0.4, -0.2) is 30.7 Å². The van der Waals surface area contributed by atoms with Gasteiger partial charge in [-0.25, -0.2) is 8.78 Å². The maximum absolute atomic E-state index is 12.3. The Morgan fingerprint density at radius 3 is 2.55 bits per heavy atom. The van der Waals surface area contributed by atoms with Gasteiger partial charge >= 0.3 is 0 Å². The molecule has 4 heteroatoms. The van der Waals surface area contributed by atoms with Crippen molar-refractivity contribution in [2.75, 3.05) is 13.6 Å². The van der Waals surface area contributed by atoms with E-state index in [9.17, 15) is 13.9 Å². The maximum Gasteiger partial charge on any atom is 0.248 e. The van der Waals surface area contributed by atoms with Gasteiger partial charge in [0.2, 0.25) is 5.92 Å². The molecule has 0 amide bonds. The Morgan fingerprint density at radius 1 is 1.64 bits per heavy atom. The van der Waals surface area contributed by atoms with Crippen molar-refractivity contribution in [2.24, 2.45) is 5.92 Å². The molecule has 66 valence electrons. The van der Waals surface area contributed by atoms with Crippen LogP contribution >= 0.6 is 0 Å². The second-order valence-electron chi connectivity index (χ2n) is 3.15. The average Bonchev–Trinajstić information content (AvgIpc) is 1.83. The minimum Gasteiger partial charge on any atom is -0.392 e. The topological polar surface area (TPSA) is 32.3 Å². The summed E-state index contributed by atoms with van der Waals surface area (Å²) in [5, 5.41) is 12.0. The molecular weight excluding hydrogens is 152 g/mol. The van der Waals surface area contributed by atoms with Gasteiger partial charge < -0.3 is 10.4 Å². The molecule has 0 aromatic heterocycles. The number of rotatable bonds is 3. The number of likely N-dealkylation sites (N-methyl/N-ethyl adjacent to an activating group) is 1. The van der Waals surface area contributed by atoms with Gasteiger partial charge in [0.25, 0.3) is 0 Å². The Morgan fingerprint density at radius 2 is 2.18 bits per heavy atom. The fourth-order valence-electron chi connectivity index (χ4n) is 1.36. The van der Waals surface area contributed by atoms with E-state index in [0.717, 1.165) is 0 Å². The van der Waals surface area contributed by atoms with Gasteiger partial charge in [-0.1, -0.05) is 0 Å².